The molecule has 0 fully saturated rings. The first kappa shape index (κ1) is 10.2. The first-order valence-electron chi connectivity index (χ1n) is 3.59. The van der Waals surface area contributed by atoms with Gasteiger partial charge in [0.1, 0.15) is 0 Å². The van der Waals surface area contributed by atoms with Gasteiger partial charge in [-0.3, -0.25) is 0 Å². The second-order valence-corrected chi connectivity index (χ2v) is 2.26. The molecule has 0 amide bonds. The van der Waals surface area contributed by atoms with E-state index in [-0.39, 0.29) is 0 Å². The Morgan fingerprint density at radius 2 is 2.45 bits per heavy atom. The fourth-order valence-corrected chi connectivity index (χ4v) is 0.709. The number of aliphatic hydroxyl groups excluding tert-OH is 1. The average molecular weight is 158 g/mol. The second kappa shape index (κ2) is 5.92. The molecule has 0 aromatic carbocycles. The topological polar surface area (TPSA) is 46.5 Å². The maximum atomic E-state index is 10.6. The molecule has 1 atom stereocenters. The molecule has 0 aromatic heterocycles. The van der Waals surface area contributed by atoms with Crippen LogP contribution in [0, 0.1) is 0 Å². The largest absolute Gasteiger partial charge is 0.467 e. The van der Waals surface area contributed by atoms with Crippen molar-refractivity contribution in [3.05, 3.63) is 12.7 Å². The summed E-state index contributed by atoms with van der Waals surface area (Å²) in [5.41, 5.74) is 0. The molecule has 0 aromatic rings. The van der Waals surface area contributed by atoms with Gasteiger partial charge in [0, 0.05) is 0 Å². The summed E-state index contributed by atoms with van der Waals surface area (Å²) in [6.45, 7) is 3.52. The van der Waals surface area contributed by atoms with Crippen molar-refractivity contribution in [1.29, 1.82) is 0 Å². The van der Waals surface area contributed by atoms with Gasteiger partial charge in [-0.25, -0.2) is 4.79 Å². The van der Waals surface area contributed by atoms with E-state index in [1.165, 1.54) is 7.11 Å². The second-order valence-electron chi connectivity index (χ2n) is 2.26. The standard InChI is InChI=1S/C8H14O3/c1-3-4-5-6-7(9)8(10)11-2/h3,7,9H,1,4-6H2,2H3/t7-/m1/s1. The van der Waals surface area contributed by atoms with Crippen molar-refractivity contribution in [1.82, 2.24) is 0 Å². The molecule has 0 aliphatic carbocycles. The van der Waals surface area contributed by atoms with E-state index in [4.69, 9.17) is 5.11 Å². The SMILES string of the molecule is C=CCCC[C@@H](O)C(=O)OC. The normalized spacial score (nSPS) is 12.2. The molecule has 0 spiro atoms. The van der Waals surface area contributed by atoms with Gasteiger partial charge in [0.25, 0.3) is 0 Å². The van der Waals surface area contributed by atoms with Crippen LogP contribution in [0.15, 0.2) is 12.7 Å². The van der Waals surface area contributed by atoms with Crippen LogP contribution < -0.4 is 0 Å². The molecule has 0 bridgehead atoms. The Morgan fingerprint density at radius 3 is 2.91 bits per heavy atom. The molecule has 0 saturated heterocycles. The van der Waals surface area contributed by atoms with Crippen LogP contribution in [0.2, 0.25) is 0 Å². The summed E-state index contributed by atoms with van der Waals surface area (Å²) in [5, 5.41) is 9.04. The summed E-state index contributed by atoms with van der Waals surface area (Å²) in [7, 11) is 1.26. The number of unbranched alkanes of at least 4 members (excludes halogenated alkanes) is 1. The highest BCUT2D eigenvalue weighted by Crippen LogP contribution is 2.02. The summed E-state index contributed by atoms with van der Waals surface area (Å²) in [5.74, 6) is -0.561. The van der Waals surface area contributed by atoms with Crippen molar-refractivity contribution in [2.75, 3.05) is 7.11 Å². The number of methoxy groups -OCH3 is 1. The molecule has 0 aliphatic heterocycles. The summed E-state index contributed by atoms with van der Waals surface area (Å²) < 4.78 is 4.33. The third-order valence-electron chi connectivity index (χ3n) is 1.36. The Hall–Kier alpha value is -0.830. The minimum absolute atomic E-state index is 0.443. The zero-order valence-electron chi connectivity index (χ0n) is 6.75. The van der Waals surface area contributed by atoms with Gasteiger partial charge in [-0.05, 0) is 19.3 Å². The average Bonchev–Trinajstić information content (AvgIpc) is 2.03. The third kappa shape index (κ3) is 4.56. The van der Waals surface area contributed by atoms with E-state index in [2.05, 4.69) is 11.3 Å². The fraction of sp³-hybridized carbons (Fsp3) is 0.625. The Labute approximate surface area is 66.7 Å². The van der Waals surface area contributed by atoms with Crippen molar-refractivity contribution < 1.29 is 14.6 Å². The molecule has 3 nitrogen and oxygen atoms in total. The zero-order valence-corrected chi connectivity index (χ0v) is 6.75. The van der Waals surface area contributed by atoms with E-state index in [0.717, 1.165) is 12.8 Å². The summed E-state index contributed by atoms with van der Waals surface area (Å²) in [6.07, 6.45) is 2.80. The van der Waals surface area contributed by atoms with E-state index < -0.39 is 12.1 Å². The van der Waals surface area contributed by atoms with Gasteiger partial charge in [0.05, 0.1) is 7.11 Å². The molecule has 0 aliphatic rings. The van der Waals surface area contributed by atoms with Gasteiger partial charge in [0.15, 0.2) is 6.10 Å². The highest BCUT2D eigenvalue weighted by Gasteiger charge is 2.13. The van der Waals surface area contributed by atoms with Crippen molar-refractivity contribution in [2.24, 2.45) is 0 Å². The number of carbonyl (C=O) groups excluding carboxylic acids is 1. The van der Waals surface area contributed by atoms with E-state index in [1.807, 2.05) is 0 Å². The number of rotatable bonds is 5. The van der Waals surface area contributed by atoms with E-state index in [0.29, 0.717) is 6.42 Å². The Morgan fingerprint density at radius 1 is 1.82 bits per heavy atom. The number of ether oxygens (including phenoxy) is 1. The van der Waals surface area contributed by atoms with Crippen LogP contribution in [0.4, 0.5) is 0 Å². The van der Waals surface area contributed by atoms with Gasteiger partial charge >= 0.3 is 5.97 Å². The Kier molecular flexibility index (Phi) is 5.47. The van der Waals surface area contributed by atoms with Crippen molar-refractivity contribution >= 4 is 5.97 Å². The van der Waals surface area contributed by atoms with Gasteiger partial charge in [-0.1, -0.05) is 6.08 Å². The Bertz CT molecular complexity index is 131. The molecular weight excluding hydrogens is 144 g/mol. The number of esters is 1. The first-order chi connectivity index (χ1) is 5.22. The lowest BCUT2D eigenvalue weighted by molar-refractivity contribution is -0.150. The van der Waals surface area contributed by atoms with E-state index in [9.17, 15) is 4.79 Å². The first-order valence-corrected chi connectivity index (χ1v) is 3.59. The third-order valence-corrected chi connectivity index (χ3v) is 1.36. The summed E-state index contributed by atoms with van der Waals surface area (Å²) in [4.78, 5) is 10.6. The van der Waals surface area contributed by atoms with Crippen LogP contribution in [-0.4, -0.2) is 24.3 Å². The monoisotopic (exact) mass is 158 g/mol. The fourth-order valence-electron chi connectivity index (χ4n) is 0.709. The molecule has 0 unspecified atom stereocenters. The zero-order chi connectivity index (χ0) is 8.69. The van der Waals surface area contributed by atoms with E-state index >= 15 is 0 Å². The molecule has 64 valence electrons. The maximum absolute atomic E-state index is 10.6. The Balaban J connectivity index is 3.43. The minimum Gasteiger partial charge on any atom is -0.467 e. The number of aliphatic hydroxyl groups is 1. The summed E-state index contributed by atoms with van der Waals surface area (Å²) >= 11 is 0. The highest BCUT2D eigenvalue weighted by atomic mass is 16.5. The predicted molar refractivity (Wildman–Crippen MR) is 42.1 cm³/mol. The van der Waals surface area contributed by atoms with E-state index in [1.54, 1.807) is 6.08 Å². The quantitative estimate of drug-likeness (QED) is 0.367. The van der Waals surface area contributed by atoms with Crippen LogP contribution in [0.5, 0.6) is 0 Å². The number of carbonyl (C=O) groups is 1. The van der Waals surface area contributed by atoms with Crippen molar-refractivity contribution in [3.8, 4) is 0 Å². The number of hydrogen-bond donors (Lipinski definition) is 1. The van der Waals surface area contributed by atoms with Crippen LogP contribution in [0.25, 0.3) is 0 Å². The highest BCUT2D eigenvalue weighted by molar-refractivity contribution is 5.74. The molecule has 0 rings (SSSR count). The van der Waals surface area contributed by atoms with Gasteiger partial charge < -0.3 is 9.84 Å². The molecule has 1 N–H and O–H groups in total. The van der Waals surface area contributed by atoms with Crippen molar-refractivity contribution in [3.63, 3.8) is 0 Å². The lowest BCUT2D eigenvalue weighted by Gasteiger charge is -2.05. The van der Waals surface area contributed by atoms with Gasteiger partial charge in [-0.2, -0.15) is 0 Å². The molecule has 0 radical (unpaired) electrons. The van der Waals surface area contributed by atoms with Crippen LogP contribution in [0.1, 0.15) is 19.3 Å². The van der Waals surface area contributed by atoms with Crippen LogP contribution >= 0.6 is 0 Å². The minimum atomic E-state index is -0.972. The maximum Gasteiger partial charge on any atom is 0.334 e. The molecule has 3 heteroatoms. The van der Waals surface area contributed by atoms with Crippen LogP contribution in [-0.2, 0) is 9.53 Å². The lowest BCUT2D eigenvalue weighted by Crippen LogP contribution is -2.21. The lowest BCUT2D eigenvalue weighted by atomic mass is 10.1. The van der Waals surface area contributed by atoms with Gasteiger partial charge in [-0.15, -0.1) is 6.58 Å². The smallest absolute Gasteiger partial charge is 0.334 e. The summed E-state index contributed by atoms with van der Waals surface area (Å²) in [6, 6.07) is 0. The molecular formula is C8H14O3. The van der Waals surface area contributed by atoms with Gasteiger partial charge in [0.2, 0.25) is 0 Å². The number of hydrogen-bond acceptors (Lipinski definition) is 3. The molecule has 11 heavy (non-hydrogen) atoms. The predicted octanol–water partition coefficient (Wildman–Crippen LogP) is 0.877. The number of allylic oxidation sites excluding steroid dienone is 1. The van der Waals surface area contributed by atoms with Crippen molar-refractivity contribution in [2.45, 2.75) is 25.4 Å². The van der Waals surface area contributed by atoms with Crippen LogP contribution in [0.3, 0.4) is 0 Å². The molecule has 0 heterocycles. The molecule has 0 saturated carbocycles.